The van der Waals surface area contributed by atoms with E-state index in [1.165, 1.54) is 12.2 Å². The molecule has 76 valence electrons. The van der Waals surface area contributed by atoms with Crippen molar-refractivity contribution in [1.29, 1.82) is 0 Å². The highest BCUT2D eigenvalue weighted by molar-refractivity contribution is 5.99. The number of allylic oxidation sites excluding steroid dienone is 2. The molecular formula is C10H12O4. The highest BCUT2D eigenvalue weighted by atomic mass is 16.4. The second-order valence-electron chi connectivity index (χ2n) is 2.55. The third-order valence-corrected chi connectivity index (χ3v) is 1.58. The summed E-state index contributed by atoms with van der Waals surface area (Å²) in [6, 6.07) is 0. The summed E-state index contributed by atoms with van der Waals surface area (Å²) in [7, 11) is 0. The van der Waals surface area contributed by atoms with Crippen LogP contribution in [0.4, 0.5) is 0 Å². The summed E-state index contributed by atoms with van der Waals surface area (Å²) in [6.07, 6.45) is 2.78. The number of carbonyl (C=O) groups is 2. The van der Waals surface area contributed by atoms with Gasteiger partial charge in [0.15, 0.2) is 0 Å². The Morgan fingerprint density at radius 1 is 0.929 bits per heavy atom. The SMILES string of the molecule is C=CC/C(C(=O)O)=C(\CC=C)C(=O)O. The van der Waals surface area contributed by atoms with Crippen LogP contribution in [0.5, 0.6) is 0 Å². The van der Waals surface area contributed by atoms with Crippen LogP contribution in [0.2, 0.25) is 0 Å². The normalized spacial score (nSPS) is 11.4. The lowest BCUT2D eigenvalue weighted by Crippen LogP contribution is -2.10. The van der Waals surface area contributed by atoms with Crippen LogP contribution in [-0.2, 0) is 9.59 Å². The molecule has 0 aliphatic carbocycles. The summed E-state index contributed by atoms with van der Waals surface area (Å²) < 4.78 is 0. The predicted octanol–water partition coefficient (Wildman–Crippen LogP) is 1.60. The van der Waals surface area contributed by atoms with Gasteiger partial charge in [-0.3, -0.25) is 0 Å². The van der Waals surface area contributed by atoms with Crippen molar-refractivity contribution in [2.24, 2.45) is 0 Å². The summed E-state index contributed by atoms with van der Waals surface area (Å²) in [5, 5.41) is 17.5. The molecule has 0 spiro atoms. The third-order valence-electron chi connectivity index (χ3n) is 1.58. The smallest absolute Gasteiger partial charge is 0.332 e. The van der Waals surface area contributed by atoms with Crippen LogP contribution in [0.3, 0.4) is 0 Å². The van der Waals surface area contributed by atoms with E-state index in [2.05, 4.69) is 13.2 Å². The Bertz CT molecular complexity index is 269. The first kappa shape index (κ1) is 12.2. The Kier molecular flexibility index (Phi) is 4.99. The lowest BCUT2D eigenvalue weighted by Gasteiger charge is -2.04. The van der Waals surface area contributed by atoms with Crippen molar-refractivity contribution in [3.63, 3.8) is 0 Å². The van der Waals surface area contributed by atoms with E-state index < -0.39 is 11.9 Å². The lowest BCUT2D eigenvalue weighted by molar-refractivity contribution is -0.136. The van der Waals surface area contributed by atoms with Gasteiger partial charge in [-0.2, -0.15) is 0 Å². The average Bonchev–Trinajstić information content (AvgIpc) is 2.10. The summed E-state index contributed by atoms with van der Waals surface area (Å²) >= 11 is 0. The molecular weight excluding hydrogens is 184 g/mol. The number of aliphatic carboxylic acids is 2. The first-order chi connectivity index (χ1) is 6.54. The molecule has 0 fully saturated rings. The molecule has 0 unspecified atom stereocenters. The third kappa shape index (κ3) is 3.26. The van der Waals surface area contributed by atoms with Crippen molar-refractivity contribution in [2.45, 2.75) is 12.8 Å². The predicted molar refractivity (Wildman–Crippen MR) is 51.9 cm³/mol. The Hall–Kier alpha value is -1.84. The van der Waals surface area contributed by atoms with E-state index in [9.17, 15) is 9.59 Å². The van der Waals surface area contributed by atoms with E-state index in [-0.39, 0.29) is 24.0 Å². The molecule has 2 N–H and O–H groups in total. The van der Waals surface area contributed by atoms with Crippen LogP contribution in [0.25, 0.3) is 0 Å². The molecule has 0 aromatic rings. The van der Waals surface area contributed by atoms with E-state index in [0.717, 1.165) is 0 Å². The fourth-order valence-corrected chi connectivity index (χ4v) is 0.968. The van der Waals surface area contributed by atoms with Gasteiger partial charge in [-0.1, -0.05) is 12.2 Å². The van der Waals surface area contributed by atoms with Gasteiger partial charge < -0.3 is 10.2 Å². The first-order valence-corrected chi connectivity index (χ1v) is 3.95. The molecule has 0 atom stereocenters. The van der Waals surface area contributed by atoms with Gasteiger partial charge >= 0.3 is 11.9 Å². The molecule has 0 radical (unpaired) electrons. The van der Waals surface area contributed by atoms with Crippen LogP contribution in [0.1, 0.15) is 12.8 Å². The first-order valence-electron chi connectivity index (χ1n) is 3.95. The summed E-state index contributed by atoms with van der Waals surface area (Å²) in [6.45, 7) is 6.74. The van der Waals surface area contributed by atoms with Crippen molar-refractivity contribution < 1.29 is 19.8 Å². The van der Waals surface area contributed by atoms with Crippen LogP contribution in [0, 0.1) is 0 Å². The van der Waals surface area contributed by atoms with Gasteiger partial charge in [0.25, 0.3) is 0 Å². The Balaban J connectivity index is 5.23. The van der Waals surface area contributed by atoms with E-state index in [1.54, 1.807) is 0 Å². The monoisotopic (exact) mass is 196 g/mol. The van der Waals surface area contributed by atoms with Gasteiger partial charge in [-0.25, -0.2) is 9.59 Å². The quantitative estimate of drug-likeness (QED) is 0.500. The molecule has 4 heteroatoms. The molecule has 0 aromatic heterocycles. The maximum absolute atomic E-state index is 10.7. The molecule has 0 saturated carbocycles. The molecule has 0 aromatic carbocycles. The second-order valence-corrected chi connectivity index (χ2v) is 2.55. The van der Waals surface area contributed by atoms with E-state index in [1.807, 2.05) is 0 Å². The Labute approximate surface area is 81.9 Å². The Morgan fingerprint density at radius 3 is 1.36 bits per heavy atom. The highest BCUT2D eigenvalue weighted by Crippen LogP contribution is 2.14. The van der Waals surface area contributed by atoms with Crippen molar-refractivity contribution in [3.8, 4) is 0 Å². The summed E-state index contributed by atoms with van der Waals surface area (Å²) in [5.41, 5.74) is -0.292. The molecule has 0 amide bonds. The molecule has 0 aliphatic rings. The maximum atomic E-state index is 10.7. The minimum Gasteiger partial charge on any atom is -0.478 e. The fraction of sp³-hybridized carbons (Fsp3) is 0.200. The zero-order chi connectivity index (χ0) is 11.1. The molecule has 4 nitrogen and oxygen atoms in total. The molecule has 0 heterocycles. The van der Waals surface area contributed by atoms with Crippen LogP contribution < -0.4 is 0 Å². The van der Waals surface area contributed by atoms with Gasteiger partial charge in [-0.05, 0) is 12.8 Å². The maximum Gasteiger partial charge on any atom is 0.332 e. The number of carboxylic acid groups (broad SMARTS) is 2. The molecule has 0 bridgehead atoms. The van der Waals surface area contributed by atoms with Gasteiger partial charge in [0.05, 0.1) is 11.1 Å². The van der Waals surface area contributed by atoms with E-state index in [0.29, 0.717) is 0 Å². The van der Waals surface area contributed by atoms with Crippen molar-refractivity contribution >= 4 is 11.9 Å². The van der Waals surface area contributed by atoms with Gasteiger partial charge in [0, 0.05) is 0 Å². The minimum atomic E-state index is -1.23. The van der Waals surface area contributed by atoms with Crippen molar-refractivity contribution in [3.05, 3.63) is 36.5 Å². The van der Waals surface area contributed by atoms with Crippen LogP contribution in [-0.4, -0.2) is 22.2 Å². The number of carboxylic acids is 2. The summed E-state index contributed by atoms with van der Waals surface area (Å²) in [5.74, 6) is -2.46. The standard InChI is InChI=1S/C10H12O4/c1-3-5-7(9(11)12)8(6-4-2)10(13)14/h3-4H,1-2,5-6H2,(H,11,12)(H,13,14)/b8-7-. The second kappa shape index (κ2) is 5.75. The largest absolute Gasteiger partial charge is 0.478 e. The fourth-order valence-electron chi connectivity index (χ4n) is 0.968. The molecule has 0 rings (SSSR count). The zero-order valence-corrected chi connectivity index (χ0v) is 7.69. The van der Waals surface area contributed by atoms with Crippen molar-refractivity contribution in [2.75, 3.05) is 0 Å². The van der Waals surface area contributed by atoms with Gasteiger partial charge in [0.2, 0.25) is 0 Å². The van der Waals surface area contributed by atoms with Crippen LogP contribution in [0.15, 0.2) is 36.5 Å². The number of hydrogen-bond acceptors (Lipinski definition) is 2. The zero-order valence-electron chi connectivity index (χ0n) is 7.69. The number of rotatable bonds is 6. The average molecular weight is 196 g/mol. The van der Waals surface area contributed by atoms with Gasteiger partial charge in [-0.15, -0.1) is 13.2 Å². The van der Waals surface area contributed by atoms with Crippen molar-refractivity contribution in [1.82, 2.24) is 0 Å². The molecule has 0 saturated heterocycles. The van der Waals surface area contributed by atoms with E-state index in [4.69, 9.17) is 10.2 Å². The molecule has 14 heavy (non-hydrogen) atoms. The van der Waals surface area contributed by atoms with Crippen LogP contribution >= 0.6 is 0 Å². The number of hydrogen-bond donors (Lipinski definition) is 2. The topological polar surface area (TPSA) is 74.6 Å². The summed E-state index contributed by atoms with van der Waals surface area (Å²) in [4.78, 5) is 21.4. The lowest BCUT2D eigenvalue weighted by atomic mass is 10.0. The van der Waals surface area contributed by atoms with Gasteiger partial charge in [0.1, 0.15) is 0 Å². The Morgan fingerprint density at radius 2 is 1.21 bits per heavy atom. The van der Waals surface area contributed by atoms with E-state index >= 15 is 0 Å². The minimum absolute atomic E-state index is 0.0325. The highest BCUT2D eigenvalue weighted by Gasteiger charge is 2.17. The molecule has 0 aliphatic heterocycles.